The van der Waals surface area contributed by atoms with E-state index >= 15 is 0 Å². The van der Waals surface area contributed by atoms with Gasteiger partial charge < -0.3 is 16.0 Å². The number of rotatable bonds is 6. The van der Waals surface area contributed by atoms with Crippen LogP contribution in [0.5, 0.6) is 0 Å². The molecule has 1 atom stereocenters. The molecule has 2 aromatic carbocycles. The maximum atomic E-state index is 13.2. The Labute approximate surface area is 162 Å². The van der Waals surface area contributed by atoms with Crippen molar-refractivity contribution in [2.45, 2.75) is 31.7 Å². The van der Waals surface area contributed by atoms with Gasteiger partial charge in [-0.05, 0) is 49.7 Å². The summed E-state index contributed by atoms with van der Waals surface area (Å²) >= 11 is 1.56. The van der Waals surface area contributed by atoms with E-state index in [2.05, 4.69) is 16.0 Å². The monoisotopic (exact) mass is 387 g/mol. The third-order valence-corrected chi connectivity index (χ3v) is 5.15. The molecule has 27 heavy (non-hydrogen) atoms. The van der Waals surface area contributed by atoms with Crippen molar-refractivity contribution in [1.29, 1.82) is 0 Å². The smallest absolute Gasteiger partial charge is 0.251 e. The van der Waals surface area contributed by atoms with Gasteiger partial charge in [0, 0.05) is 23.1 Å². The highest BCUT2D eigenvalue weighted by atomic mass is 32.2. The number of carbonyl (C=O) groups excluding carboxylic acids is 2. The third kappa shape index (κ3) is 5.01. The van der Waals surface area contributed by atoms with E-state index in [1.54, 1.807) is 36.0 Å². The van der Waals surface area contributed by atoms with Crippen LogP contribution in [0.15, 0.2) is 42.5 Å². The number of carbonyl (C=O) groups is 2. The lowest BCUT2D eigenvalue weighted by molar-refractivity contribution is -0.116. The van der Waals surface area contributed by atoms with E-state index in [9.17, 15) is 14.0 Å². The molecule has 1 unspecified atom stereocenters. The molecule has 1 aliphatic heterocycles. The Morgan fingerprint density at radius 2 is 2.04 bits per heavy atom. The second-order valence-electron chi connectivity index (χ2n) is 6.72. The zero-order chi connectivity index (χ0) is 19.4. The number of thioether (sulfide) groups is 1. The molecular weight excluding hydrogens is 365 g/mol. The lowest BCUT2D eigenvalue weighted by atomic mass is 10.1. The first-order chi connectivity index (χ1) is 12.9. The number of anilines is 2. The first-order valence-electron chi connectivity index (χ1n) is 8.77. The molecule has 0 saturated carbocycles. The Kier molecular flexibility index (Phi) is 6.01. The van der Waals surface area contributed by atoms with Crippen molar-refractivity contribution >= 4 is 35.0 Å². The maximum absolute atomic E-state index is 13.2. The van der Waals surface area contributed by atoms with Gasteiger partial charge in [-0.1, -0.05) is 12.1 Å². The summed E-state index contributed by atoms with van der Waals surface area (Å²) in [5.74, 6) is 0.611. The Morgan fingerprint density at radius 1 is 1.22 bits per heavy atom. The quantitative estimate of drug-likeness (QED) is 0.708. The standard InChI is InChI=1S/C20H22FN3O2S/c1-12(2)22-19(25)14-6-7-16-17(9-14)24-20(26)18(23-16)11-27-10-13-4-3-5-15(21)8-13/h3-9,12,18,23H,10-11H2,1-2H3,(H,22,25)(H,24,26). The molecule has 2 amide bonds. The van der Waals surface area contributed by atoms with Crippen molar-refractivity contribution in [3.05, 3.63) is 59.4 Å². The van der Waals surface area contributed by atoms with Crippen LogP contribution < -0.4 is 16.0 Å². The zero-order valence-electron chi connectivity index (χ0n) is 15.2. The summed E-state index contributed by atoms with van der Waals surface area (Å²) in [5.41, 5.74) is 2.77. The average Bonchev–Trinajstić information content (AvgIpc) is 2.61. The SMILES string of the molecule is CC(C)NC(=O)c1ccc2c(c1)NC(=O)C(CSCc1cccc(F)c1)N2. The summed E-state index contributed by atoms with van der Waals surface area (Å²) in [6, 6.07) is 11.3. The van der Waals surface area contributed by atoms with Crippen LogP contribution in [0.25, 0.3) is 0 Å². The number of amides is 2. The molecule has 142 valence electrons. The molecule has 3 N–H and O–H groups in total. The van der Waals surface area contributed by atoms with Crippen molar-refractivity contribution in [3.8, 4) is 0 Å². The molecule has 0 aliphatic carbocycles. The molecule has 2 aromatic rings. The molecule has 0 spiro atoms. The first kappa shape index (κ1) is 19.2. The molecule has 0 saturated heterocycles. The van der Waals surface area contributed by atoms with Crippen LogP contribution in [0, 0.1) is 5.82 Å². The predicted octanol–water partition coefficient (Wildman–Crippen LogP) is 3.63. The number of halogens is 1. The summed E-state index contributed by atoms with van der Waals surface area (Å²) in [7, 11) is 0. The van der Waals surface area contributed by atoms with Crippen molar-refractivity contribution in [2.24, 2.45) is 0 Å². The predicted molar refractivity (Wildman–Crippen MR) is 108 cm³/mol. The lowest BCUT2D eigenvalue weighted by Crippen LogP contribution is -2.40. The van der Waals surface area contributed by atoms with Gasteiger partial charge in [-0.15, -0.1) is 0 Å². The fourth-order valence-corrected chi connectivity index (χ4v) is 3.78. The molecule has 0 fully saturated rings. The minimum Gasteiger partial charge on any atom is -0.371 e. The summed E-state index contributed by atoms with van der Waals surface area (Å²) in [4.78, 5) is 24.5. The van der Waals surface area contributed by atoms with Gasteiger partial charge in [0.2, 0.25) is 5.91 Å². The van der Waals surface area contributed by atoms with Gasteiger partial charge in [-0.2, -0.15) is 11.8 Å². The molecule has 3 rings (SSSR count). The number of fused-ring (bicyclic) bond motifs is 1. The van der Waals surface area contributed by atoms with Gasteiger partial charge in [0.15, 0.2) is 0 Å². The molecule has 0 radical (unpaired) electrons. The topological polar surface area (TPSA) is 70.2 Å². The van der Waals surface area contributed by atoms with Crippen LogP contribution in [0.3, 0.4) is 0 Å². The zero-order valence-corrected chi connectivity index (χ0v) is 16.0. The van der Waals surface area contributed by atoms with Gasteiger partial charge in [-0.3, -0.25) is 9.59 Å². The van der Waals surface area contributed by atoms with Crippen molar-refractivity contribution in [1.82, 2.24) is 5.32 Å². The maximum Gasteiger partial charge on any atom is 0.251 e. The summed E-state index contributed by atoms with van der Waals surface area (Å²) in [6.07, 6.45) is 0. The van der Waals surface area contributed by atoms with Crippen LogP contribution in [-0.2, 0) is 10.5 Å². The van der Waals surface area contributed by atoms with Gasteiger partial charge in [0.05, 0.1) is 11.4 Å². The molecule has 5 nitrogen and oxygen atoms in total. The van der Waals surface area contributed by atoms with E-state index in [-0.39, 0.29) is 29.7 Å². The van der Waals surface area contributed by atoms with E-state index in [0.717, 1.165) is 11.3 Å². The fourth-order valence-electron chi connectivity index (χ4n) is 2.77. The van der Waals surface area contributed by atoms with Crippen LogP contribution >= 0.6 is 11.8 Å². The minimum atomic E-state index is -0.383. The normalized spacial score (nSPS) is 15.7. The lowest BCUT2D eigenvalue weighted by Gasteiger charge is -2.27. The van der Waals surface area contributed by atoms with Gasteiger partial charge >= 0.3 is 0 Å². The third-order valence-electron chi connectivity index (χ3n) is 4.05. The number of benzene rings is 2. The highest BCUT2D eigenvalue weighted by molar-refractivity contribution is 7.98. The summed E-state index contributed by atoms with van der Waals surface area (Å²) < 4.78 is 13.2. The van der Waals surface area contributed by atoms with Crippen LogP contribution in [0.2, 0.25) is 0 Å². The van der Waals surface area contributed by atoms with E-state index in [1.165, 1.54) is 12.1 Å². The fraction of sp³-hybridized carbons (Fsp3) is 0.300. The minimum absolute atomic E-state index is 0.0424. The van der Waals surface area contributed by atoms with E-state index in [4.69, 9.17) is 0 Å². The molecule has 0 bridgehead atoms. The van der Waals surface area contributed by atoms with E-state index < -0.39 is 0 Å². The molecule has 7 heteroatoms. The number of nitrogens with one attached hydrogen (secondary N) is 3. The Balaban J connectivity index is 1.61. The van der Waals surface area contributed by atoms with Crippen LogP contribution in [0.4, 0.5) is 15.8 Å². The molecule has 0 aromatic heterocycles. The van der Waals surface area contributed by atoms with Crippen LogP contribution in [-0.4, -0.2) is 29.7 Å². The molecule has 1 heterocycles. The Morgan fingerprint density at radius 3 is 2.78 bits per heavy atom. The van der Waals surface area contributed by atoms with Crippen LogP contribution in [0.1, 0.15) is 29.8 Å². The highest BCUT2D eigenvalue weighted by Gasteiger charge is 2.26. The largest absolute Gasteiger partial charge is 0.371 e. The summed E-state index contributed by atoms with van der Waals surface area (Å²) in [6.45, 7) is 3.79. The molecule has 1 aliphatic rings. The second kappa shape index (κ2) is 8.43. The summed E-state index contributed by atoms with van der Waals surface area (Å²) in [5, 5.41) is 8.91. The Bertz CT molecular complexity index is 857. The Hall–Kier alpha value is -2.54. The number of hydrogen-bond donors (Lipinski definition) is 3. The number of hydrogen-bond acceptors (Lipinski definition) is 4. The highest BCUT2D eigenvalue weighted by Crippen LogP contribution is 2.29. The van der Waals surface area contributed by atoms with Crippen molar-refractivity contribution in [3.63, 3.8) is 0 Å². The van der Waals surface area contributed by atoms with Crippen molar-refractivity contribution in [2.75, 3.05) is 16.4 Å². The average molecular weight is 387 g/mol. The van der Waals surface area contributed by atoms with E-state index in [1.807, 2.05) is 19.9 Å². The molecular formula is C20H22FN3O2S. The van der Waals surface area contributed by atoms with Gasteiger partial charge in [0.1, 0.15) is 11.9 Å². The van der Waals surface area contributed by atoms with Crippen molar-refractivity contribution < 1.29 is 14.0 Å². The van der Waals surface area contributed by atoms with E-state index in [0.29, 0.717) is 22.8 Å². The first-order valence-corrected chi connectivity index (χ1v) is 9.92. The second-order valence-corrected chi connectivity index (χ2v) is 7.75. The van der Waals surface area contributed by atoms with Gasteiger partial charge in [0.25, 0.3) is 5.91 Å². The van der Waals surface area contributed by atoms with Gasteiger partial charge in [-0.25, -0.2) is 4.39 Å².